The predicted molar refractivity (Wildman–Crippen MR) is 75.6 cm³/mol. The maximum absolute atomic E-state index is 8.79. The van der Waals surface area contributed by atoms with Gasteiger partial charge in [0.05, 0.1) is 12.4 Å². The molecule has 0 radical (unpaired) electrons. The highest BCUT2D eigenvalue weighted by atomic mass is 16.6. The molecule has 3 rings (SSSR count). The predicted octanol–water partition coefficient (Wildman–Crippen LogP) is 0.464. The molecular formula is C12H15N7O2. The van der Waals surface area contributed by atoms with Crippen LogP contribution in [-0.2, 0) is 0 Å². The number of aromatic nitrogens is 5. The molecule has 0 aromatic carbocycles. The number of rotatable bonds is 5. The quantitative estimate of drug-likeness (QED) is 0.578. The SMILES string of the molecule is Cc1c(-c2nonc2N)nc2cnc(NCCCO)cn12. The number of hydrogen-bond acceptors (Lipinski definition) is 8. The van der Waals surface area contributed by atoms with E-state index in [-0.39, 0.29) is 12.4 Å². The van der Waals surface area contributed by atoms with Crippen LogP contribution in [0.4, 0.5) is 11.6 Å². The topological polar surface area (TPSA) is 127 Å². The maximum Gasteiger partial charge on any atom is 0.198 e. The van der Waals surface area contributed by atoms with Crippen LogP contribution in [0.15, 0.2) is 17.0 Å². The maximum atomic E-state index is 8.79. The smallest absolute Gasteiger partial charge is 0.198 e. The molecule has 3 aromatic rings. The molecule has 0 unspecified atom stereocenters. The zero-order valence-corrected chi connectivity index (χ0v) is 11.4. The van der Waals surface area contributed by atoms with Crippen LogP contribution in [0.25, 0.3) is 17.0 Å². The van der Waals surface area contributed by atoms with Gasteiger partial charge in [-0.2, -0.15) is 0 Å². The van der Waals surface area contributed by atoms with Crippen molar-refractivity contribution in [2.24, 2.45) is 0 Å². The number of nitrogens with zero attached hydrogens (tertiary/aromatic N) is 5. The lowest BCUT2D eigenvalue weighted by molar-refractivity contribution is 0.292. The van der Waals surface area contributed by atoms with E-state index in [1.54, 1.807) is 6.20 Å². The molecule has 0 aliphatic carbocycles. The first-order valence-electron chi connectivity index (χ1n) is 6.48. The minimum absolute atomic E-state index is 0.141. The molecule has 0 aliphatic heterocycles. The highest BCUT2D eigenvalue weighted by Gasteiger charge is 2.17. The van der Waals surface area contributed by atoms with E-state index in [0.717, 1.165) is 5.69 Å². The third kappa shape index (κ3) is 2.38. The van der Waals surface area contributed by atoms with Crippen LogP contribution in [0.3, 0.4) is 0 Å². The van der Waals surface area contributed by atoms with Crippen molar-refractivity contribution in [3.8, 4) is 11.4 Å². The van der Waals surface area contributed by atoms with Gasteiger partial charge in [-0.3, -0.25) is 4.40 Å². The largest absolute Gasteiger partial charge is 0.396 e. The molecule has 0 spiro atoms. The molecule has 0 bridgehead atoms. The van der Waals surface area contributed by atoms with Crippen molar-refractivity contribution in [3.05, 3.63) is 18.1 Å². The van der Waals surface area contributed by atoms with Crippen molar-refractivity contribution < 1.29 is 9.74 Å². The zero-order valence-electron chi connectivity index (χ0n) is 11.4. The lowest BCUT2D eigenvalue weighted by Crippen LogP contribution is -2.06. The second-order valence-electron chi connectivity index (χ2n) is 4.55. The number of fused-ring (bicyclic) bond motifs is 1. The highest BCUT2D eigenvalue weighted by Crippen LogP contribution is 2.25. The summed E-state index contributed by atoms with van der Waals surface area (Å²) in [5.74, 6) is 0.907. The van der Waals surface area contributed by atoms with Gasteiger partial charge in [0.1, 0.15) is 11.5 Å². The number of imidazole rings is 1. The summed E-state index contributed by atoms with van der Waals surface area (Å²) in [5.41, 5.74) is 8.28. The Balaban J connectivity index is 1.99. The van der Waals surface area contributed by atoms with E-state index in [1.807, 2.05) is 17.5 Å². The number of nitrogen functional groups attached to an aromatic ring is 1. The third-order valence-corrected chi connectivity index (χ3v) is 3.13. The molecule has 0 fully saturated rings. The highest BCUT2D eigenvalue weighted by molar-refractivity contribution is 5.70. The van der Waals surface area contributed by atoms with E-state index < -0.39 is 0 Å². The average molecular weight is 289 g/mol. The molecule has 110 valence electrons. The summed E-state index contributed by atoms with van der Waals surface area (Å²) in [6, 6.07) is 0. The van der Waals surface area contributed by atoms with Gasteiger partial charge in [-0.05, 0) is 23.7 Å². The molecule has 9 heteroatoms. The summed E-state index contributed by atoms with van der Waals surface area (Å²) in [5, 5.41) is 19.3. The standard InChI is InChI=1S/C12H15N7O2/c1-7-10(11-12(13)18-21-17-11)16-9-5-15-8(6-19(7)9)14-3-2-4-20/h5-6,14,20H,2-4H2,1H3,(H2,13,18). The van der Waals surface area contributed by atoms with Gasteiger partial charge in [-0.15, -0.1) is 0 Å². The average Bonchev–Trinajstić information content (AvgIpc) is 3.03. The fraction of sp³-hybridized carbons (Fsp3) is 0.333. The fourth-order valence-corrected chi connectivity index (χ4v) is 2.04. The number of nitrogens with one attached hydrogen (secondary N) is 1. The Hall–Kier alpha value is -2.68. The van der Waals surface area contributed by atoms with Crippen molar-refractivity contribution in [1.82, 2.24) is 24.7 Å². The Labute approximate surface area is 119 Å². The van der Waals surface area contributed by atoms with Gasteiger partial charge in [0.2, 0.25) is 0 Å². The molecule has 3 aromatic heterocycles. The summed E-state index contributed by atoms with van der Waals surface area (Å²) in [6.07, 6.45) is 4.15. The van der Waals surface area contributed by atoms with Gasteiger partial charge >= 0.3 is 0 Å². The fourth-order valence-electron chi connectivity index (χ4n) is 2.04. The normalized spacial score (nSPS) is 11.1. The van der Waals surface area contributed by atoms with Crippen LogP contribution in [0.1, 0.15) is 12.1 Å². The first-order chi connectivity index (χ1) is 10.2. The molecule has 0 saturated carbocycles. The minimum atomic E-state index is 0.141. The molecule has 0 saturated heterocycles. The van der Waals surface area contributed by atoms with Gasteiger partial charge in [-0.25, -0.2) is 14.6 Å². The Morgan fingerprint density at radius 3 is 2.95 bits per heavy atom. The number of aryl methyl sites for hydroxylation is 1. The van der Waals surface area contributed by atoms with E-state index in [9.17, 15) is 0 Å². The Kier molecular flexibility index (Phi) is 3.40. The number of nitrogens with two attached hydrogens (primary N) is 1. The molecule has 9 nitrogen and oxygen atoms in total. The molecular weight excluding hydrogens is 274 g/mol. The first kappa shape index (κ1) is 13.3. The minimum Gasteiger partial charge on any atom is -0.396 e. The van der Waals surface area contributed by atoms with E-state index in [1.165, 1.54) is 0 Å². The molecule has 0 amide bonds. The van der Waals surface area contributed by atoms with Gasteiger partial charge in [0, 0.05) is 18.8 Å². The number of aliphatic hydroxyl groups excluding tert-OH is 1. The van der Waals surface area contributed by atoms with Crippen LogP contribution in [0.5, 0.6) is 0 Å². The summed E-state index contributed by atoms with van der Waals surface area (Å²) in [6.45, 7) is 2.69. The first-order valence-corrected chi connectivity index (χ1v) is 6.48. The van der Waals surface area contributed by atoms with Crippen LogP contribution < -0.4 is 11.1 Å². The second-order valence-corrected chi connectivity index (χ2v) is 4.55. The van der Waals surface area contributed by atoms with Crippen molar-refractivity contribution in [2.75, 3.05) is 24.2 Å². The Morgan fingerprint density at radius 2 is 2.24 bits per heavy atom. The van der Waals surface area contributed by atoms with E-state index >= 15 is 0 Å². The van der Waals surface area contributed by atoms with E-state index in [2.05, 4.69) is 30.2 Å². The zero-order chi connectivity index (χ0) is 14.8. The van der Waals surface area contributed by atoms with Crippen molar-refractivity contribution in [2.45, 2.75) is 13.3 Å². The molecule has 21 heavy (non-hydrogen) atoms. The van der Waals surface area contributed by atoms with Crippen LogP contribution in [-0.4, -0.2) is 42.9 Å². The molecule has 0 atom stereocenters. The molecule has 3 heterocycles. The summed E-state index contributed by atoms with van der Waals surface area (Å²) < 4.78 is 6.50. The summed E-state index contributed by atoms with van der Waals surface area (Å²) in [7, 11) is 0. The van der Waals surface area contributed by atoms with E-state index in [0.29, 0.717) is 35.8 Å². The third-order valence-electron chi connectivity index (χ3n) is 3.13. The Morgan fingerprint density at radius 1 is 1.38 bits per heavy atom. The van der Waals surface area contributed by atoms with Crippen molar-refractivity contribution in [3.63, 3.8) is 0 Å². The van der Waals surface area contributed by atoms with Crippen molar-refractivity contribution >= 4 is 17.3 Å². The van der Waals surface area contributed by atoms with Gasteiger partial charge in [-0.1, -0.05) is 0 Å². The number of anilines is 2. The Bertz CT molecular complexity index is 764. The lowest BCUT2D eigenvalue weighted by atomic mass is 10.2. The van der Waals surface area contributed by atoms with Crippen LogP contribution in [0.2, 0.25) is 0 Å². The summed E-state index contributed by atoms with van der Waals surface area (Å²) in [4.78, 5) is 8.71. The molecule has 0 aliphatic rings. The number of aliphatic hydroxyl groups is 1. The van der Waals surface area contributed by atoms with Crippen molar-refractivity contribution in [1.29, 1.82) is 0 Å². The second kappa shape index (κ2) is 5.37. The van der Waals surface area contributed by atoms with Crippen LogP contribution in [0, 0.1) is 6.92 Å². The van der Waals surface area contributed by atoms with E-state index in [4.69, 9.17) is 10.8 Å². The number of hydrogen-bond donors (Lipinski definition) is 3. The lowest BCUT2D eigenvalue weighted by Gasteiger charge is -2.05. The monoisotopic (exact) mass is 289 g/mol. The molecule has 4 N–H and O–H groups in total. The van der Waals surface area contributed by atoms with Crippen LogP contribution >= 0.6 is 0 Å². The van der Waals surface area contributed by atoms with Gasteiger partial charge < -0.3 is 16.2 Å². The van der Waals surface area contributed by atoms with Gasteiger partial charge in [0.25, 0.3) is 0 Å². The van der Waals surface area contributed by atoms with Gasteiger partial charge in [0.15, 0.2) is 17.2 Å². The summed E-state index contributed by atoms with van der Waals surface area (Å²) >= 11 is 0.